The van der Waals surface area contributed by atoms with Gasteiger partial charge in [0.1, 0.15) is 11.4 Å². The first-order valence-corrected chi connectivity index (χ1v) is 8.97. The Morgan fingerprint density at radius 1 is 0.833 bits per heavy atom. The second kappa shape index (κ2) is 8.24. The van der Waals surface area contributed by atoms with Gasteiger partial charge in [0.2, 0.25) is 5.82 Å². The monoisotopic (exact) mass is 408 g/mol. The predicted octanol–water partition coefficient (Wildman–Crippen LogP) is 4.63. The third-order valence-corrected chi connectivity index (χ3v) is 4.28. The molecule has 0 atom stereocenters. The van der Waals surface area contributed by atoms with Gasteiger partial charge in [0.15, 0.2) is 5.82 Å². The minimum Gasteiger partial charge on any atom is -0.364 e. The number of nitrogens with zero attached hydrogens (tertiary/aromatic N) is 5. The Morgan fingerprint density at radius 3 is 2.27 bits per heavy atom. The van der Waals surface area contributed by atoms with Crippen molar-refractivity contribution in [2.45, 2.75) is 12.7 Å². The van der Waals surface area contributed by atoms with Crippen LogP contribution in [0.15, 0.2) is 73.2 Å². The van der Waals surface area contributed by atoms with Gasteiger partial charge in [-0.1, -0.05) is 18.2 Å². The van der Waals surface area contributed by atoms with E-state index in [1.807, 2.05) is 12.1 Å². The van der Waals surface area contributed by atoms with Gasteiger partial charge >= 0.3 is 6.18 Å². The molecule has 30 heavy (non-hydrogen) atoms. The van der Waals surface area contributed by atoms with Crippen molar-refractivity contribution in [3.63, 3.8) is 0 Å². The smallest absolute Gasteiger partial charge is 0.364 e. The molecule has 0 aliphatic rings. The van der Waals surface area contributed by atoms with Gasteiger partial charge in [0.05, 0.1) is 5.56 Å². The van der Waals surface area contributed by atoms with Gasteiger partial charge in [0, 0.05) is 30.7 Å². The zero-order valence-corrected chi connectivity index (χ0v) is 15.5. The summed E-state index contributed by atoms with van der Waals surface area (Å²) in [6.07, 6.45) is 0.553. The van der Waals surface area contributed by atoms with Crippen LogP contribution in [0.4, 0.5) is 19.0 Å². The summed E-state index contributed by atoms with van der Waals surface area (Å²) in [5, 5.41) is 11.5. The third kappa shape index (κ3) is 4.40. The molecule has 6 nitrogen and oxygen atoms in total. The Bertz CT molecular complexity index is 1120. The molecule has 0 saturated carbocycles. The SMILES string of the molecule is FC(F)(F)c1ccc(-c2nnc(-c3ccccn3)nc2NCc2ccncc2)cc1. The topological polar surface area (TPSA) is 76.5 Å². The first-order chi connectivity index (χ1) is 14.5. The quantitative estimate of drug-likeness (QED) is 0.519. The summed E-state index contributed by atoms with van der Waals surface area (Å²) in [7, 11) is 0. The van der Waals surface area contributed by atoms with Crippen molar-refractivity contribution in [2.75, 3.05) is 5.32 Å². The lowest BCUT2D eigenvalue weighted by molar-refractivity contribution is -0.137. The minimum atomic E-state index is -4.41. The third-order valence-electron chi connectivity index (χ3n) is 4.28. The Balaban J connectivity index is 1.71. The molecule has 150 valence electrons. The van der Waals surface area contributed by atoms with Crippen molar-refractivity contribution >= 4 is 5.82 Å². The highest BCUT2D eigenvalue weighted by Crippen LogP contribution is 2.32. The van der Waals surface area contributed by atoms with Crippen LogP contribution in [0.25, 0.3) is 22.8 Å². The van der Waals surface area contributed by atoms with E-state index in [0.717, 1.165) is 17.7 Å². The summed E-state index contributed by atoms with van der Waals surface area (Å²) < 4.78 is 38.7. The molecule has 3 aromatic heterocycles. The Labute approximate surface area is 169 Å². The van der Waals surface area contributed by atoms with E-state index in [2.05, 4.69) is 30.5 Å². The number of hydrogen-bond donors (Lipinski definition) is 1. The summed E-state index contributed by atoms with van der Waals surface area (Å²) in [4.78, 5) is 12.7. The first kappa shape index (κ1) is 19.4. The van der Waals surface area contributed by atoms with E-state index in [-0.39, 0.29) is 0 Å². The van der Waals surface area contributed by atoms with Crippen molar-refractivity contribution < 1.29 is 13.2 Å². The molecule has 0 radical (unpaired) electrons. The molecule has 4 aromatic rings. The van der Waals surface area contributed by atoms with Gasteiger partial charge in [-0.15, -0.1) is 10.2 Å². The summed E-state index contributed by atoms with van der Waals surface area (Å²) in [6.45, 7) is 0.427. The lowest BCUT2D eigenvalue weighted by Gasteiger charge is -2.12. The van der Waals surface area contributed by atoms with Gasteiger partial charge in [-0.3, -0.25) is 9.97 Å². The second-order valence-electron chi connectivity index (χ2n) is 6.33. The molecule has 0 aliphatic carbocycles. The zero-order valence-electron chi connectivity index (χ0n) is 15.5. The van der Waals surface area contributed by atoms with Gasteiger partial charge in [-0.25, -0.2) is 4.98 Å². The minimum absolute atomic E-state index is 0.309. The summed E-state index contributed by atoms with van der Waals surface area (Å²) in [5.74, 6) is 0.700. The van der Waals surface area contributed by atoms with Crippen molar-refractivity contribution in [2.24, 2.45) is 0 Å². The van der Waals surface area contributed by atoms with Crippen LogP contribution in [-0.4, -0.2) is 25.1 Å². The van der Waals surface area contributed by atoms with Crippen molar-refractivity contribution in [3.8, 4) is 22.8 Å². The molecular formula is C21H15F3N6. The number of anilines is 1. The van der Waals surface area contributed by atoms with Crippen LogP contribution in [0.5, 0.6) is 0 Å². The van der Waals surface area contributed by atoms with E-state index < -0.39 is 11.7 Å². The standard InChI is InChI=1S/C21H15F3N6/c22-21(23,24)16-6-4-15(5-7-16)18-20(27-13-14-8-11-25-12-9-14)28-19(30-29-18)17-3-1-2-10-26-17/h1-12H,13H2,(H,27,28,30). The number of aromatic nitrogens is 5. The number of hydrogen-bond acceptors (Lipinski definition) is 6. The summed E-state index contributed by atoms with van der Waals surface area (Å²) in [6, 6.07) is 13.8. The molecule has 0 unspecified atom stereocenters. The maximum atomic E-state index is 12.9. The summed E-state index contributed by atoms with van der Waals surface area (Å²) in [5.41, 5.74) is 1.58. The van der Waals surface area contributed by atoms with Crippen LogP contribution in [0.3, 0.4) is 0 Å². The van der Waals surface area contributed by atoms with Crippen molar-refractivity contribution in [1.29, 1.82) is 0 Å². The Hall–Kier alpha value is -3.88. The molecule has 0 fully saturated rings. The fourth-order valence-corrected chi connectivity index (χ4v) is 2.75. The number of benzene rings is 1. The molecular weight excluding hydrogens is 393 g/mol. The molecule has 0 aliphatic heterocycles. The molecule has 1 N–H and O–H groups in total. The Morgan fingerprint density at radius 2 is 1.60 bits per heavy atom. The predicted molar refractivity (Wildman–Crippen MR) is 105 cm³/mol. The lowest BCUT2D eigenvalue weighted by atomic mass is 10.1. The average Bonchev–Trinajstić information content (AvgIpc) is 2.78. The normalized spacial score (nSPS) is 11.3. The number of rotatable bonds is 5. The molecule has 1 aromatic carbocycles. The molecule has 0 spiro atoms. The highest BCUT2D eigenvalue weighted by Gasteiger charge is 2.30. The van der Waals surface area contributed by atoms with Crippen LogP contribution >= 0.6 is 0 Å². The second-order valence-corrected chi connectivity index (χ2v) is 6.33. The molecule has 0 saturated heterocycles. The lowest BCUT2D eigenvalue weighted by Crippen LogP contribution is -2.08. The van der Waals surface area contributed by atoms with E-state index >= 15 is 0 Å². The highest BCUT2D eigenvalue weighted by molar-refractivity contribution is 5.72. The largest absolute Gasteiger partial charge is 0.416 e. The van der Waals surface area contributed by atoms with Crippen molar-refractivity contribution in [3.05, 3.63) is 84.3 Å². The fourth-order valence-electron chi connectivity index (χ4n) is 2.75. The molecule has 4 rings (SSSR count). The molecule has 0 bridgehead atoms. The van der Waals surface area contributed by atoms with Crippen LogP contribution in [0.2, 0.25) is 0 Å². The average molecular weight is 408 g/mol. The van der Waals surface area contributed by atoms with Crippen LogP contribution in [-0.2, 0) is 12.7 Å². The van der Waals surface area contributed by atoms with E-state index in [9.17, 15) is 13.2 Å². The molecule has 3 heterocycles. The number of pyridine rings is 2. The van der Waals surface area contributed by atoms with E-state index in [1.165, 1.54) is 12.1 Å². The first-order valence-electron chi connectivity index (χ1n) is 8.97. The van der Waals surface area contributed by atoms with Gasteiger partial charge in [-0.05, 0) is 42.0 Å². The number of nitrogens with one attached hydrogen (secondary N) is 1. The van der Waals surface area contributed by atoms with E-state index in [0.29, 0.717) is 35.1 Å². The highest BCUT2D eigenvalue weighted by atomic mass is 19.4. The van der Waals surface area contributed by atoms with E-state index in [1.54, 1.807) is 36.8 Å². The maximum absolute atomic E-state index is 12.9. The van der Waals surface area contributed by atoms with E-state index in [4.69, 9.17) is 0 Å². The van der Waals surface area contributed by atoms with Gasteiger partial charge in [-0.2, -0.15) is 13.2 Å². The number of alkyl halides is 3. The van der Waals surface area contributed by atoms with Crippen LogP contribution < -0.4 is 5.32 Å². The summed E-state index contributed by atoms with van der Waals surface area (Å²) >= 11 is 0. The Kier molecular flexibility index (Phi) is 5.34. The van der Waals surface area contributed by atoms with Crippen molar-refractivity contribution in [1.82, 2.24) is 25.1 Å². The molecule has 0 amide bonds. The maximum Gasteiger partial charge on any atom is 0.416 e. The number of halogens is 3. The fraction of sp³-hybridized carbons (Fsp3) is 0.0952. The van der Waals surface area contributed by atoms with Gasteiger partial charge < -0.3 is 5.32 Å². The van der Waals surface area contributed by atoms with Gasteiger partial charge in [0.25, 0.3) is 0 Å². The van der Waals surface area contributed by atoms with Crippen LogP contribution in [0, 0.1) is 0 Å². The van der Waals surface area contributed by atoms with Crippen LogP contribution in [0.1, 0.15) is 11.1 Å². The zero-order chi connectivity index (χ0) is 21.0. The molecule has 9 heteroatoms.